The van der Waals surface area contributed by atoms with Crippen LogP contribution < -0.4 is 4.74 Å². The summed E-state index contributed by atoms with van der Waals surface area (Å²) in [5, 5.41) is 0. The van der Waals surface area contributed by atoms with Crippen molar-refractivity contribution in [2.75, 3.05) is 14.2 Å². The zero-order valence-corrected chi connectivity index (χ0v) is 10.7. The van der Waals surface area contributed by atoms with Gasteiger partial charge in [-0.1, -0.05) is 18.2 Å². The fourth-order valence-electron chi connectivity index (χ4n) is 1.24. The topological polar surface area (TPSA) is 44.8 Å². The average Bonchev–Trinajstić information content (AvgIpc) is 2.31. The molecule has 0 fully saturated rings. The quantitative estimate of drug-likeness (QED) is 0.429. The predicted octanol–water partition coefficient (Wildman–Crippen LogP) is 1.50. The van der Waals surface area contributed by atoms with Crippen molar-refractivity contribution in [1.29, 1.82) is 0 Å². The van der Waals surface area contributed by atoms with Crippen LogP contribution in [0.15, 0.2) is 30.3 Å². The minimum atomic E-state index is -1.66. The zero-order valence-electron chi connectivity index (χ0n) is 9.51. The van der Waals surface area contributed by atoms with Gasteiger partial charge in [-0.05, 0) is 18.2 Å². The third kappa shape index (κ3) is 4.56. The summed E-state index contributed by atoms with van der Waals surface area (Å²) in [6.45, 7) is 0. The molecule has 0 heterocycles. The van der Waals surface area contributed by atoms with Gasteiger partial charge >= 0.3 is 15.3 Å². The van der Waals surface area contributed by atoms with Gasteiger partial charge in [-0.15, -0.1) is 0 Å². The van der Waals surface area contributed by atoms with Gasteiger partial charge in [0.05, 0.1) is 0 Å². The summed E-state index contributed by atoms with van der Waals surface area (Å²) in [6, 6.07) is 9.64. The smallest absolute Gasteiger partial charge is 0.321 e. The highest BCUT2D eigenvalue weighted by molar-refractivity contribution is 6.44. The molecule has 0 bridgehead atoms. The molecule has 0 spiro atoms. The van der Waals surface area contributed by atoms with E-state index in [4.69, 9.17) is 13.6 Å². The first-order valence-corrected chi connectivity index (χ1v) is 6.83. The fraction of sp³-hybridized carbons (Fsp3) is 0.364. The van der Waals surface area contributed by atoms with Crippen molar-refractivity contribution in [2.45, 2.75) is 12.5 Å². The molecule has 0 unspecified atom stereocenters. The van der Waals surface area contributed by atoms with Crippen molar-refractivity contribution < 1.29 is 18.4 Å². The van der Waals surface area contributed by atoms with Gasteiger partial charge in [0.2, 0.25) is 0 Å². The normalized spacial score (nSPS) is 10.4. The minimum absolute atomic E-state index is 0.252. The number of carbonyl (C=O) groups is 1. The highest BCUT2D eigenvalue weighted by atomic mass is 28.3. The Balaban J connectivity index is 2.31. The lowest BCUT2D eigenvalue weighted by Gasteiger charge is -2.10. The highest BCUT2D eigenvalue weighted by Gasteiger charge is 2.13. The van der Waals surface area contributed by atoms with E-state index in [9.17, 15) is 4.79 Å². The van der Waals surface area contributed by atoms with Crippen LogP contribution in [-0.2, 0) is 13.6 Å². The molecule has 0 amide bonds. The molecule has 0 saturated carbocycles. The molecule has 1 aromatic rings. The third-order valence-electron chi connectivity index (χ3n) is 2.08. The van der Waals surface area contributed by atoms with Gasteiger partial charge < -0.3 is 13.6 Å². The number of esters is 1. The van der Waals surface area contributed by atoms with Crippen LogP contribution in [0, 0.1) is 0 Å². The van der Waals surface area contributed by atoms with Gasteiger partial charge in [0.15, 0.2) is 0 Å². The predicted molar refractivity (Wildman–Crippen MR) is 62.7 cm³/mol. The van der Waals surface area contributed by atoms with Crippen molar-refractivity contribution in [3.8, 4) is 5.75 Å². The molecular formula is C11H16O4Si. The molecule has 0 aliphatic heterocycles. The van der Waals surface area contributed by atoms with Gasteiger partial charge in [-0.3, -0.25) is 4.79 Å². The maximum Gasteiger partial charge on any atom is 0.321 e. The van der Waals surface area contributed by atoms with Gasteiger partial charge in [0.1, 0.15) is 5.75 Å². The number of rotatable bonds is 6. The molecule has 1 aromatic carbocycles. The summed E-state index contributed by atoms with van der Waals surface area (Å²) in [5.74, 6) is 0.318. The molecule has 0 N–H and O–H groups in total. The molecule has 1 rings (SSSR count). The number of para-hydroxylation sites is 1. The molecule has 0 radical (unpaired) electrons. The summed E-state index contributed by atoms with van der Waals surface area (Å²) in [5.41, 5.74) is 0. The maximum absolute atomic E-state index is 11.4. The lowest BCUT2D eigenvalue weighted by Crippen LogP contribution is -2.21. The first-order chi connectivity index (χ1) is 7.76. The largest absolute Gasteiger partial charge is 0.427 e. The van der Waals surface area contributed by atoms with Gasteiger partial charge in [-0.2, -0.15) is 0 Å². The van der Waals surface area contributed by atoms with Crippen LogP contribution >= 0.6 is 0 Å². The van der Waals surface area contributed by atoms with Crippen LogP contribution in [0.1, 0.15) is 6.42 Å². The highest BCUT2D eigenvalue weighted by Crippen LogP contribution is 2.10. The number of ether oxygens (including phenoxy) is 1. The summed E-state index contributed by atoms with van der Waals surface area (Å²) in [7, 11) is 1.54. The van der Waals surface area contributed by atoms with E-state index in [1.54, 1.807) is 26.4 Å². The third-order valence-corrected chi connectivity index (χ3v) is 3.90. The first-order valence-electron chi connectivity index (χ1n) is 5.07. The van der Waals surface area contributed by atoms with Crippen molar-refractivity contribution in [3.63, 3.8) is 0 Å². The molecule has 0 aliphatic carbocycles. The van der Waals surface area contributed by atoms with Crippen LogP contribution in [0.4, 0.5) is 0 Å². The van der Waals surface area contributed by atoms with Crippen LogP contribution in [0.5, 0.6) is 5.75 Å². The lowest BCUT2D eigenvalue weighted by atomic mass is 10.3. The monoisotopic (exact) mass is 240 g/mol. The molecule has 0 saturated heterocycles. The van der Waals surface area contributed by atoms with Crippen LogP contribution in [-0.4, -0.2) is 29.5 Å². The number of hydrogen-bond donors (Lipinski definition) is 0. The van der Waals surface area contributed by atoms with Crippen LogP contribution in [0.25, 0.3) is 0 Å². The van der Waals surface area contributed by atoms with Crippen molar-refractivity contribution in [3.05, 3.63) is 30.3 Å². The molecule has 16 heavy (non-hydrogen) atoms. The number of carbonyl (C=O) groups excluding carboxylic acids is 1. The van der Waals surface area contributed by atoms with Crippen LogP contribution in [0.3, 0.4) is 0 Å². The Morgan fingerprint density at radius 1 is 1.19 bits per heavy atom. The second-order valence-corrected chi connectivity index (χ2v) is 5.61. The Morgan fingerprint density at radius 3 is 2.38 bits per heavy atom. The minimum Gasteiger partial charge on any atom is -0.427 e. The molecule has 88 valence electrons. The van der Waals surface area contributed by atoms with E-state index in [0.29, 0.717) is 18.2 Å². The summed E-state index contributed by atoms with van der Waals surface area (Å²) < 4.78 is 15.3. The van der Waals surface area contributed by atoms with E-state index in [0.717, 1.165) is 0 Å². The van der Waals surface area contributed by atoms with E-state index >= 15 is 0 Å². The average molecular weight is 240 g/mol. The Hall–Kier alpha value is -1.17. The Bertz CT molecular complexity index is 311. The van der Waals surface area contributed by atoms with E-state index in [1.165, 1.54) is 0 Å². The van der Waals surface area contributed by atoms with Crippen LogP contribution in [0.2, 0.25) is 6.04 Å². The second kappa shape index (κ2) is 7.16. The lowest BCUT2D eigenvalue weighted by molar-refractivity contribution is -0.134. The Kier molecular flexibility index (Phi) is 5.77. The van der Waals surface area contributed by atoms with Crippen molar-refractivity contribution in [2.24, 2.45) is 0 Å². The fourth-order valence-corrected chi connectivity index (χ4v) is 2.37. The van der Waals surface area contributed by atoms with E-state index < -0.39 is 9.28 Å². The molecule has 0 aliphatic rings. The summed E-state index contributed by atoms with van der Waals surface area (Å²) >= 11 is 0. The van der Waals surface area contributed by atoms with Crippen molar-refractivity contribution >= 4 is 15.3 Å². The van der Waals surface area contributed by atoms with Gasteiger partial charge in [0.25, 0.3) is 0 Å². The zero-order chi connectivity index (χ0) is 11.8. The van der Waals surface area contributed by atoms with Gasteiger partial charge in [-0.25, -0.2) is 0 Å². The standard InChI is InChI=1S/C11H16O4Si/c1-13-16(14-2)9-8-11(12)15-10-6-4-3-5-7-10/h3-7,16H,8-9H2,1-2H3. The molecule has 0 atom stereocenters. The second-order valence-electron chi connectivity index (χ2n) is 3.23. The van der Waals surface area contributed by atoms with E-state index in [1.807, 2.05) is 18.2 Å². The summed E-state index contributed by atoms with van der Waals surface area (Å²) in [4.78, 5) is 11.4. The number of hydrogen-bond acceptors (Lipinski definition) is 4. The van der Waals surface area contributed by atoms with Crippen molar-refractivity contribution in [1.82, 2.24) is 0 Å². The first kappa shape index (κ1) is 12.9. The molecule has 0 aromatic heterocycles. The SMILES string of the molecule is CO[SiH](CCC(=O)Oc1ccccc1)OC. The maximum atomic E-state index is 11.4. The summed E-state index contributed by atoms with van der Waals surface area (Å²) in [6.07, 6.45) is 0.327. The Morgan fingerprint density at radius 2 is 1.81 bits per heavy atom. The molecule has 4 nitrogen and oxygen atoms in total. The Labute approximate surface area is 97.0 Å². The van der Waals surface area contributed by atoms with E-state index in [2.05, 4.69) is 0 Å². The molecular weight excluding hydrogens is 224 g/mol. The number of benzene rings is 1. The van der Waals surface area contributed by atoms with Gasteiger partial charge in [0, 0.05) is 20.6 Å². The molecule has 5 heteroatoms. The van der Waals surface area contributed by atoms with E-state index in [-0.39, 0.29) is 5.97 Å².